The standard InChI is InChI=1S/C9H6F3N3O2/c10-9(11,12)5-2-1-3-6(4-5)15-8(17)13-7(16)14-15/h1-4H,(H2,13,14,16,17). The van der Waals surface area contributed by atoms with Crippen LogP contribution < -0.4 is 11.4 Å². The van der Waals surface area contributed by atoms with Gasteiger partial charge in [0.1, 0.15) is 0 Å². The summed E-state index contributed by atoms with van der Waals surface area (Å²) in [5.41, 5.74) is -2.58. The lowest BCUT2D eigenvalue weighted by atomic mass is 10.2. The number of nitrogens with one attached hydrogen (secondary N) is 2. The van der Waals surface area contributed by atoms with Crippen molar-refractivity contribution in [1.29, 1.82) is 0 Å². The zero-order valence-electron chi connectivity index (χ0n) is 8.21. The highest BCUT2D eigenvalue weighted by molar-refractivity contribution is 5.35. The zero-order chi connectivity index (χ0) is 12.6. The lowest BCUT2D eigenvalue weighted by molar-refractivity contribution is -0.137. The van der Waals surface area contributed by atoms with Crippen molar-refractivity contribution in [3.8, 4) is 5.69 Å². The molecule has 0 unspecified atom stereocenters. The SMILES string of the molecule is O=c1[nH]c(=O)n(-c2cccc(C(F)(F)F)c2)[nH]1. The van der Waals surface area contributed by atoms with Gasteiger partial charge in [0.05, 0.1) is 11.3 Å². The Hall–Kier alpha value is -2.25. The molecule has 0 amide bonds. The Kier molecular flexibility index (Phi) is 2.41. The van der Waals surface area contributed by atoms with Crippen molar-refractivity contribution in [3.63, 3.8) is 0 Å². The third-order valence-corrected chi connectivity index (χ3v) is 2.07. The Bertz CT molecular complexity index is 650. The first-order valence-corrected chi connectivity index (χ1v) is 4.47. The van der Waals surface area contributed by atoms with Gasteiger partial charge in [0, 0.05) is 0 Å². The molecular weight excluding hydrogens is 239 g/mol. The summed E-state index contributed by atoms with van der Waals surface area (Å²) in [6, 6.07) is 4.07. The van der Waals surface area contributed by atoms with Crippen LogP contribution in [-0.2, 0) is 6.18 Å². The van der Waals surface area contributed by atoms with E-state index in [9.17, 15) is 22.8 Å². The predicted molar refractivity (Wildman–Crippen MR) is 52.0 cm³/mol. The molecule has 0 atom stereocenters. The average Bonchev–Trinajstić information content (AvgIpc) is 2.57. The number of alkyl halides is 3. The number of H-pyrrole nitrogens is 2. The largest absolute Gasteiger partial charge is 0.416 e. The fourth-order valence-corrected chi connectivity index (χ4v) is 1.34. The molecule has 0 spiro atoms. The zero-order valence-corrected chi connectivity index (χ0v) is 8.21. The molecule has 0 aliphatic carbocycles. The number of benzene rings is 1. The first-order chi connectivity index (χ1) is 7.88. The van der Waals surface area contributed by atoms with Crippen molar-refractivity contribution >= 4 is 0 Å². The van der Waals surface area contributed by atoms with Crippen molar-refractivity contribution in [2.75, 3.05) is 0 Å². The van der Waals surface area contributed by atoms with Crippen molar-refractivity contribution < 1.29 is 13.2 Å². The number of aromatic nitrogens is 3. The molecule has 1 aromatic carbocycles. The van der Waals surface area contributed by atoms with Crippen molar-refractivity contribution in [2.24, 2.45) is 0 Å². The summed E-state index contributed by atoms with van der Waals surface area (Å²) >= 11 is 0. The second kappa shape index (κ2) is 3.65. The third-order valence-electron chi connectivity index (χ3n) is 2.07. The van der Waals surface area contributed by atoms with Crippen molar-refractivity contribution in [2.45, 2.75) is 6.18 Å². The van der Waals surface area contributed by atoms with E-state index in [1.54, 1.807) is 0 Å². The number of rotatable bonds is 1. The van der Waals surface area contributed by atoms with E-state index in [1.807, 2.05) is 4.98 Å². The lowest BCUT2D eigenvalue weighted by Crippen LogP contribution is -2.16. The summed E-state index contributed by atoms with van der Waals surface area (Å²) in [6.07, 6.45) is -4.50. The Balaban J connectivity index is 2.58. The van der Waals surface area contributed by atoms with Crippen LogP contribution in [0.4, 0.5) is 13.2 Å². The molecule has 0 fully saturated rings. The third kappa shape index (κ3) is 2.14. The molecular formula is C9H6F3N3O2. The Morgan fingerprint density at radius 2 is 1.88 bits per heavy atom. The summed E-state index contributed by atoms with van der Waals surface area (Å²) in [5, 5.41) is 2.06. The first kappa shape index (κ1) is 11.2. The maximum absolute atomic E-state index is 12.4. The van der Waals surface area contributed by atoms with Crippen LogP contribution in [0.1, 0.15) is 5.56 Å². The van der Waals surface area contributed by atoms with Crippen LogP contribution in [-0.4, -0.2) is 14.8 Å². The van der Waals surface area contributed by atoms with Crippen LogP contribution in [0.25, 0.3) is 5.69 Å². The van der Waals surface area contributed by atoms with Crippen LogP contribution >= 0.6 is 0 Å². The summed E-state index contributed by atoms with van der Waals surface area (Å²) < 4.78 is 38.0. The van der Waals surface area contributed by atoms with Gasteiger partial charge in [-0.2, -0.15) is 13.2 Å². The van der Waals surface area contributed by atoms with E-state index in [4.69, 9.17) is 0 Å². The van der Waals surface area contributed by atoms with Gasteiger partial charge in [-0.3, -0.25) is 4.98 Å². The van der Waals surface area contributed by atoms with E-state index in [2.05, 4.69) is 5.10 Å². The van der Waals surface area contributed by atoms with E-state index < -0.39 is 23.1 Å². The second-order valence-corrected chi connectivity index (χ2v) is 3.25. The van der Waals surface area contributed by atoms with E-state index >= 15 is 0 Å². The minimum absolute atomic E-state index is 0.0665. The average molecular weight is 245 g/mol. The minimum atomic E-state index is -4.50. The van der Waals surface area contributed by atoms with Crippen LogP contribution in [0.15, 0.2) is 33.9 Å². The molecule has 5 nitrogen and oxygen atoms in total. The van der Waals surface area contributed by atoms with Crippen LogP contribution in [0.5, 0.6) is 0 Å². The molecule has 0 aliphatic rings. The smallest absolute Gasteiger partial charge is 0.256 e. The molecule has 0 saturated carbocycles. The molecule has 2 aromatic rings. The van der Waals surface area contributed by atoms with Gasteiger partial charge in [0.2, 0.25) is 0 Å². The summed E-state index contributed by atoms with van der Waals surface area (Å²) in [5.74, 6) is 0. The minimum Gasteiger partial charge on any atom is -0.256 e. The number of aromatic amines is 2. The Morgan fingerprint density at radius 3 is 2.41 bits per heavy atom. The summed E-state index contributed by atoms with van der Waals surface area (Å²) in [6.45, 7) is 0. The van der Waals surface area contributed by atoms with Gasteiger partial charge in [-0.05, 0) is 18.2 Å². The second-order valence-electron chi connectivity index (χ2n) is 3.25. The van der Waals surface area contributed by atoms with Crippen LogP contribution in [0.2, 0.25) is 0 Å². The molecule has 1 heterocycles. The molecule has 0 radical (unpaired) electrons. The molecule has 8 heteroatoms. The number of halogens is 3. The maximum Gasteiger partial charge on any atom is 0.416 e. The number of hydrogen-bond acceptors (Lipinski definition) is 2. The van der Waals surface area contributed by atoms with Crippen molar-refractivity contribution in [1.82, 2.24) is 14.8 Å². The van der Waals surface area contributed by atoms with Crippen molar-refractivity contribution in [3.05, 3.63) is 50.8 Å². The highest BCUT2D eigenvalue weighted by Crippen LogP contribution is 2.29. The van der Waals surface area contributed by atoms with E-state index in [0.717, 1.165) is 18.2 Å². The highest BCUT2D eigenvalue weighted by atomic mass is 19.4. The molecule has 90 valence electrons. The van der Waals surface area contributed by atoms with E-state index in [0.29, 0.717) is 4.68 Å². The fourth-order valence-electron chi connectivity index (χ4n) is 1.34. The molecule has 0 aliphatic heterocycles. The molecule has 1 aromatic heterocycles. The highest BCUT2D eigenvalue weighted by Gasteiger charge is 2.30. The van der Waals surface area contributed by atoms with Crippen LogP contribution in [0.3, 0.4) is 0 Å². The van der Waals surface area contributed by atoms with E-state index in [-0.39, 0.29) is 5.69 Å². The molecule has 0 saturated heterocycles. The summed E-state index contributed by atoms with van der Waals surface area (Å²) in [7, 11) is 0. The predicted octanol–water partition coefficient (Wildman–Crippen LogP) is 0.873. The quantitative estimate of drug-likeness (QED) is 0.782. The Labute approximate surface area is 91.5 Å². The normalized spacial score (nSPS) is 11.7. The van der Waals surface area contributed by atoms with Gasteiger partial charge in [-0.15, -0.1) is 0 Å². The van der Waals surface area contributed by atoms with Gasteiger partial charge < -0.3 is 0 Å². The molecule has 2 N–H and O–H groups in total. The van der Waals surface area contributed by atoms with E-state index in [1.165, 1.54) is 6.07 Å². The van der Waals surface area contributed by atoms with Gasteiger partial charge >= 0.3 is 17.6 Å². The summed E-state index contributed by atoms with van der Waals surface area (Å²) in [4.78, 5) is 23.9. The number of hydrogen-bond donors (Lipinski definition) is 2. The maximum atomic E-state index is 12.4. The lowest BCUT2D eigenvalue weighted by Gasteiger charge is -2.08. The van der Waals surface area contributed by atoms with Gasteiger partial charge in [0.15, 0.2) is 0 Å². The molecule has 2 rings (SSSR count). The number of nitrogens with zero attached hydrogens (tertiary/aromatic N) is 1. The Morgan fingerprint density at radius 1 is 1.18 bits per heavy atom. The first-order valence-electron chi connectivity index (χ1n) is 4.47. The topological polar surface area (TPSA) is 70.7 Å². The van der Waals surface area contributed by atoms with Gasteiger partial charge in [0.25, 0.3) is 0 Å². The molecule has 17 heavy (non-hydrogen) atoms. The van der Waals surface area contributed by atoms with Gasteiger partial charge in [-0.25, -0.2) is 19.4 Å². The molecule has 0 bridgehead atoms. The monoisotopic (exact) mass is 245 g/mol. The van der Waals surface area contributed by atoms with Crippen LogP contribution in [0, 0.1) is 0 Å². The fraction of sp³-hybridized carbons (Fsp3) is 0.111. The van der Waals surface area contributed by atoms with Gasteiger partial charge in [-0.1, -0.05) is 6.07 Å².